The third-order valence-corrected chi connectivity index (χ3v) is 8.08. The standard InChI is InChI=1S/C27H33ClF2N6O2/c28-20-2-3-22(33-16-23-31-8-1-9-32-23)19(14-20)18-35-10-12-36(13-11-35)24(37)17-34-25(38)21-15-26(21)4-6-27(29,30)7-5-26/h1-3,8-9,14,21,33H,4-7,10-13,15-18H2,(H,34,38)/t21-/m0/s1/i18D2. The van der Waals surface area contributed by atoms with Crippen molar-refractivity contribution in [1.82, 2.24) is 25.1 Å². The Morgan fingerprint density at radius 3 is 2.53 bits per heavy atom. The molecule has 2 aliphatic carbocycles. The predicted octanol–water partition coefficient (Wildman–Crippen LogP) is 3.72. The normalized spacial score (nSPS) is 23.3. The first-order valence-electron chi connectivity index (χ1n) is 14.0. The lowest BCUT2D eigenvalue weighted by Gasteiger charge is -2.35. The second-order valence-corrected chi connectivity index (χ2v) is 10.8. The van der Waals surface area contributed by atoms with Gasteiger partial charge in [-0.05, 0) is 54.5 Å². The lowest BCUT2D eigenvalue weighted by molar-refractivity contribution is -0.135. The lowest BCUT2D eigenvalue weighted by Crippen LogP contribution is -2.51. The van der Waals surface area contributed by atoms with Crippen LogP contribution in [-0.2, 0) is 22.6 Å². The van der Waals surface area contributed by atoms with E-state index in [0.717, 1.165) is 0 Å². The van der Waals surface area contributed by atoms with Gasteiger partial charge in [0.1, 0.15) is 5.82 Å². The molecule has 38 heavy (non-hydrogen) atoms. The number of carbonyl (C=O) groups excluding carboxylic acids is 2. The van der Waals surface area contributed by atoms with Crippen LogP contribution >= 0.6 is 11.6 Å². The molecule has 11 heteroatoms. The highest BCUT2D eigenvalue weighted by molar-refractivity contribution is 6.30. The Kier molecular flexibility index (Phi) is 7.07. The van der Waals surface area contributed by atoms with Crippen molar-refractivity contribution in [3.63, 3.8) is 0 Å². The Balaban J connectivity index is 1.13. The molecule has 1 atom stereocenters. The molecular formula is C27H33ClF2N6O2. The van der Waals surface area contributed by atoms with Gasteiger partial charge in [-0.25, -0.2) is 18.7 Å². The van der Waals surface area contributed by atoms with Crippen LogP contribution in [0.2, 0.25) is 5.02 Å². The summed E-state index contributed by atoms with van der Waals surface area (Å²) in [4.78, 5) is 37.1. The predicted molar refractivity (Wildman–Crippen MR) is 140 cm³/mol. The van der Waals surface area contributed by atoms with Crippen molar-refractivity contribution in [2.24, 2.45) is 11.3 Å². The fraction of sp³-hybridized carbons (Fsp3) is 0.556. The van der Waals surface area contributed by atoms with Crippen molar-refractivity contribution in [2.75, 3.05) is 38.0 Å². The molecule has 5 rings (SSSR count). The minimum absolute atomic E-state index is 0.154. The molecule has 0 bridgehead atoms. The highest BCUT2D eigenvalue weighted by Gasteiger charge is 2.60. The lowest BCUT2D eigenvalue weighted by atomic mass is 9.82. The average Bonchev–Trinajstić information content (AvgIpc) is 3.67. The fourth-order valence-electron chi connectivity index (χ4n) is 5.38. The van der Waals surface area contributed by atoms with Crippen LogP contribution < -0.4 is 10.6 Å². The summed E-state index contributed by atoms with van der Waals surface area (Å²) in [6.45, 7) is -0.520. The van der Waals surface area contributed by atoms with Gasteiger partial charge in [-0.15, -0.1) is 0 Å². The van der Waals surface area contributed by atoms with Crippen LogP contribution in [0.4, 0.5) is 14.5 Å². The maximum absolute atomic E-state index is 13.5. The fourth-order valence-corrected chi connectivity index (χ4v) is 5.55. The number of nitrogens with one attached hydrogen (secondary N) is 2. The molecular weight excluding hydrogens is 514 g/mol. The average molecular weight is 549 g/mol. The summed E-state index contributed by atoms with van der Waals surface area (Å²) < 4.78 is 44.9. The van der Waals surface area contributed by atoms with Crippen LogP contribution in [-0.4, -0.2) is 70.2 Å². The van der Waals surface area contributed by atoms with E-state index in [2.05, 4.69) is 20.6 Å². The monoisotopic (exact) mass is 548 g/mol. The molecule has 1 spiro atoms. The summed E-state index contributed by atoms with van der Waals surface area (Å²) in [6.07, 6.45) is 4.22. The number of halogens is 3. The summed E-state index contributed by atoms with van der Waals surface area (Å²) in [5, 5.41) is 6.31. The van der Waals surface area contributed by atoms with Gasteiger partial charge in [-0.2, -0.15) is 0 Å². The zero-order valence-electron chi connectivity index (χ0n) is 23.1. The van der Waals surface area contributed by atoms with Crippen molar-refractivity contribution in [3.05, 3.63) is 53.1 Å². The van der Waals surface area contributed by atoms with Crippen LogP contribution in [0.15, 0.2) is 36.7 Å². The Morgan fingerprint density at radius 2 is 1.82 bits per heavy atom. The number of alkyl halides is 2. The molecule has 2 heterocycles. The first kappa shape index (κ1) is 24.2. The number of rotatable bonds is 8. The van der Waals surface area contributed by atoms with E-state index in [1.165, 1.54) is 0 Å². The summed E-state index contributed by atoms with van der Waals surface area (Å²) in [5.74, 6) is -2.85. The minimum atomic E-state index is -2.63. The minimum Gasteiger partial charge on any atom is -0.377 e. The molecule has 0 unspecified atom stereocenters. The molecule has 2 amide bonds. The number of hydrogen-bond acceptors (Lipinski definition) is 6. The van der Waals surface area contributed by atoms with Gasteiger partial charge in [0, 0.05) is 77.3 Å². The van der Waals surface area contributed by atoms with Crippen molar-refractivity contribution < 1.29 is 21.1 Å². The molecule has 2 aromatic rings. The Morgan fingerprint density at radius 1 is 1.11 bits per heavy atom. The van der Waals surface area contributed by atoms with Gasteiger partial charge in [0.2, 0.25) is 17.7 Å². The smallest absolute Gasteiger partial charge is 0.248 e. The molecule has 2 saturated carbocycles. The third kappa shape index (κ3) is 6.40. The zero-order valence-corrected chi connectivity index (χ0v) is 21.8. The number of benzene rings is 1. The van der Waals surface area contributed by atoms with E-state index in [-0.39, 0.29) is 42.5 Å². The Hall–Kier alpha value is -2.85. The molecule has 1 aliphatic heterocycles. The topological polar surface area (TPSA) is 90.5 Å². The number of nitrogens with zero attached hydrogens (tertiary/aromatic N) is 4. The first-order chi connectivity index (χ1) is 19.0. The number of anilines is 1. The van der Waals surface area contributed by atoms with Gasteiger partial charge in [0.25, 0.3) is 0 Å². The highest BCUT2D eigenvalue weighted by atomic mass is 35.5. The summed E-state index contributed by atoms with van der Waals surface area (Å²) in [6, 6.07) is 6.73. The van der Waals surface area contributed by atoms with Crippen LogP contribution in [0.3, 0.4) is 0 Å². The second kappa shape index (κ2) is 11.1. The SMILES string of the molecule is [2H]C([2H])(c1cc(Cl)ccc1NCc1ncccn1)N1CCN(C(=O)CNC(=O)[C@@H]2CC23CCC(F)(F)CC3)CC1. The van der Waals surface area contributed by atoms with Gasteiger partial charge in [-0.3, -0.25) is 14.5 Å². The Bertz CT molecular complexity index is 1240. The molecule has 2 N–H and O–H groups in total. The van der Waals surface area contributed by atoms with Gasteiger partial charge in [0.15, 0.2) is 0 Å². The molecule has 8 nitrogen and oxygen atoms in total. The zero-order chi connectivity index (χ0) is 28.5. The molecule has 3 aliphatic rings. The number of carbonyl (C=O) groups is 2. The van der Waals surface area contributed by atoms with Gasteiger partial charge < -0.3 is 15.5 Å². The summed E-state index contributed by atoms with van der Waals surface area (Å²) >= 11 is 6.23. The van der Waals surface area contributed by atoms with E-state index in [4.69, 9.17) is 14.3 Å². The maximum atomic E-state index is 13.5. The van der Waals surface area contributed by atoms with Gasteiger partial charge >= 0.3 is 0 Å². The highest BCUT2D eigenvalue weighted by Crippen LogP contribution is 2.63. The second-order valence-electron chi connectivity index (χ2n) is 10.4. The van der Waals surface area contributed by atoms with Gasteiger partial charge in [-0.1, -0.05) is 11.6 Å². The molecule has 1 aromatic heterocycles. The molecule has 0 radical (unpaired) electrons. The van der Waals surface area contributed by atoms with Crippen LogP contribution in [0, 0.1) is 11.3 Å². The van der Waals surface area contributed by atoms with Crippen molar-refractivity contribution in [1.29, 1.82) is 0 Å². The van der Waals surface area contributed by atoms with Crippen molar-refractivity contribution in [3.8, 4) is 0 Å². The van der Waals surface area contributed by atoms with Gasteiger partial charge in [0.05, 0.1) is 13.1 Å². The maximum Gasteiger partial charge on any atom is 0.248 e. The van der Waals surface area contributed by atoms with Crippen LogP contribution in [0.25, 0.3) is 0 Å². The molecule has 3 fully saturated rings. The van der Waals surface area contributed by atoms with E-state index < -0.39 is 12.4 Å². The molecule has 1 aromatic carbocycles. The molecule has 204 valence electrons. The largest absolute Gasteiger partial charge is 0.377 e. The first-order valence-corrected chi connectivity index (χ1v) is 13.4. The van der Waals surface area contributed by atoms with Crippen LogP contribution in [0.5, 0.6) is 0 Å². The van der Waals surface area contributed by atoms with E-state index in [9.17, 15) is 18.4 Å². The van der Waals surface area contributed by atoms with E-state index >= 15 is 0 Å². The summed E-state index contributed by atoms with van der Waals surface area (Å²) in [7, 11) is 0. The third-order valence-electron chi connectivity index (χ3n) is 7.85. The van der Waals surface area contributed by atoms with Crippen molar-refractivity contribution in [2.45, 2.75) is 51.1 Å². The van der Waals surface area contributed by atoms with Crippen LogP contribution in [0.1, 0.15) is 46.2 Å². The quantitative estimate of drug-likeness (QED) is 0.522. The number of piperazine rings is 1. The summed E-state index contributed by atoms with van der Waals surface area (Å²) in [5.41, 5.74) is 0.623. The van der Waals surface area contributed by atoms with E-state index in [0.29, 0.717) is 74.1 Å². The van der Waals surface area contributed by atoms with E-state index in [1.54, 1.807) is 46.5 Å². The number of aromatic nitrogens is 2. The number of amides is 2. The van der Waals surface area contributed by atoms with Crippen molar-refractivity contribution >= 4 is 29.1 Å². The Labute approximate surface area is 229 Å². The number of hydrogen-bond donors (Lipinski definition) is 2. The molecule has 1 saturated heterocycles. The van der Waals surface area contributed by atoms with E-state index in [1.807, 2.05) is 0 Å².